The summed E-state index contributed by atoms with van der Waals surface area (Å²) in [6, 6.07) is 13.0. The second-order valence-electron chi connectivity index (χ2n) is 6.64. The van der Waals surface area contributed by atoms with E-state index >= 15 is 0 Å². The van der Waals surface area contributed by atoms with Gasteiger partial charge in [0.05, 0.1) is 0 Å². The van der Waals surface area contributed by atoms with E-state index in [2.05, 4.69) is 20.0 Å². The van der Waals surface area contributed by atoms with Crippen LogP contribution in [-0.4, -0.2) is 16.0 Å². The molecule has 8 heteroatoms. The van der Waals surface area contributed by atoms with Crippen LogP contribution in [0.2, 0.25) is 0 Å². The fourth-order valence-electron chi connectivity index (χ4n) is 2.80. The van der Waals surface area contributed by atoms with Crippen molar-refractivity contribution >= 4 is 11.6 Å². The molecule has 3 aromatic rings. The normalized spacial score (nSPS) is 12.0. The predicted molar refractivity (Wildman–Crippen MR) is 101 cm³/mol. The average molecular weight is 385 g/mol. The van der Waals surface area contributed by atoms with Gasteiger partial charge in [0.1, 0.15) is 24.1 Å². The van der Waals surface area contributed by atoms with Crippen molar-refractivity contribution in [3.8, 4) is 5.75 Å². The third-order valence-electron chi connectivity index (χ3n) is 4.10. The summed E-state index contributed by atoms with van der Waals surface area (Å²) in [5.41, 5.74) is 1.22. The molecule has 1 unspecified atom stereocenters. The Labute approximate surface area is 160 Å². The maximum Gasteiger partial charge on any atom is 0.438 e. The molecule has 0 aliphatic carbocycles. The Morgan fingerprint density at radius 3 is 2.71 bits per heavy atom. The lowest BCUT2D eigenvalue weighted by molar-refractivity contribution is -0.118. The van der Waals surface area contributed by atoms with Crippen molar-refractivity contribution < 1.29 is 18.4 Å². The van der Waals surface area contributed by atoms with Crippen molar-refractivity contribution in [2.24, 2.45) is 5.92 Å². The molecular weight excluding hydrogens is 365 g/mol. The number of halogens is 1. The van der Waals surface area contributed by atoms with Gasteiger partial charge in [0.25, 0.3) is 0 Å². The van der Waals surface area contributed by atoms with Gasteiger partial charge in [-0.3, -0.25) is 14.3 Å². The van der Waals surface area contributed by atoms with Crippen LogP contribution < -0.4 is 15.8 Å². The van der Waals surface area contributed by atoms with Crippen LogP contribution in [-0.2, 0) is 11.4 Å². The van der Waals surface area contributed by atoms with Crippen LogP contribution in [0, 0.1) is 11.7 Å². The van der Waals surface area contributed by atoms with Crippen LogP contribution in [0.15, 0.2) is 57.8 Å². The maximum atomic E-state index is 13.2. The Kier molecular flexibility index (Phi) is 5.88. The summed E-state index contributed by atoms with van der Waals surface area (Å²) in [6.45, 7) is 3.88. The average Bonchev–Trinajstić information content (AvgIpc) is 3.06. The van der Waals surface area contributed by atoms with Crippen molar-refractivity contribution in [1.29, 1.82) is 0 Å². The molecule has 0 aliphatic heterocycles. The summed E-state index contributed by atoms with van der Waals surface area (Å²) in [4.78, 5) is 26.3. The molecular formula is C20H20FN3O4. The molecule has 7 nitrogen and oxygen atoms in total. The summed E-state index contributed by atoms with van der Waals surface area (Å²) in [6.07, 6.45) is 0. The van der Waals surface area contributed by atoms with Crippen molar-refractivity contribution in [3.63, 3.8) is 0 Å². The molecule has 3 rings (SSSR count). The Hall–Kier alpha value is -3.42. The summed E-state index contributed by atoms with van der Waals surface area (Å²) < 4.78 is 23.4. The van der Waals surface area contributed by atoms with E-state index in [0.29, 0.717) is 17.0 Å². The zero-order valence-electron chi connectivity index (χ0n) is 15.4. The minimum Gasteiger partial charge on any atom is -0.489 e. The summed E-state index contributed by atoms with van der Waals surface area (Å²) in [5, 5.41) is 6.42. The standard InChI is InChI=1S/C20H20FN3O4/c1-12(2)17(18-23-20(26)28-24-18)19(25)22-15-7-4-8-16(10-15)27-11-13-5-3-6-14(21)9-13/h3-10,12,17H,11H2,1-2H3,(H,22,25)(H,23,24,26). The van der Waals surface area contributed by atoms with Crippen LogP contribution in [0.1, 0.15) is 31.2 Å². The number of nitrogens with one attached hydrogen (secondary N) is 2. The fraction of sp³-hybridized carbons (Fsp3) is 0.250. The number of carbonyl (C=O) groups excluding carboxylic acids is 1. The zero-order valence-corrected chi connectivity index (χ0v) is 15.4. The number of hydrogen-bond donors (Lipinski definition) is 2. The largest absolute Gasteiger partial charge is 0.489 e. The van der Waals surface area contributed by atoms with Crippen LogP contribution >= 0.6 is 0 Å². The van der Waals surface area contributed by atoms with Crippen LogP contribution in [0.5, 0.6) is 5.75 Å². The number of anilines is 1. The smallest absolute Gasteiger partial charge is 0.438 e. The van der Waals surface area contributed by atoms with Gasteiger partial charge < -0.3 is 10.1 Å². The number of H-pyrrole nitrogens is 1. The topological polar surface area (TPSA) is 97.2 Å². The fourth-order valence-corrected chi connectivity index (χ4v) is 2.80. The lowest BCUT2D eigenvalue weighted by Gasteiger charge is -2.17. The molecule has 0 fully saturated rings. The molecule has 0 saturated carbocycles. The van der Waals surface area contributed by atoms with Crippen molar-refractivity contribution in [2.45, 2.75) is 26.4 Å². The van der Waals surface area contributed by atoms with E-state index in [1.54, 1.807) is 36.4 Å². The zero-order chi connectivity index (χ0) is 20.1. The molecule has 146 valence electrons. The summed E-state index contributed by atoms with van der Waals surface area (Å²) in [7, 11) is 0. The highest BCUT2D eigenvalue weighted by molar-refractivity contribution is 5.95. The summed E-state index contributed by atoms with van der Waals surface area (Å²) in [5.74, 6) is -1.46. The molecule has 0 bridgehead atoms. The molecule has 28 heavy (non-hydrogen) atoms. The Morgan fingerprint density at radius 2 is 2.04 bits per heavy atom. The van der Waals surface area contributed by atoms with E-state index < -0.39 is 11.7 Å². The quantitative estimate of drug-likeness (QED) is 0.649. The number of ether oxygens (including phenoxy) is 1. The lowest BCUT2D eigenvalue weighted by atomic mass is 9.94. The molecule has 1 amide bonds. The first-order valence-corrected chi connectivity index (χ1v) is 8.76. The number of nitrogens with zero attached hydrogens (tertiary/aromatic N) is 1. The summed E-state index contributed by atoms with van der Waals surface area (Å²) >= 11 is 0. The number of hydrogen-bond acceptors (Lipinski definition) is 5. The Balaban J connectivity index is 1.69. The molecule has 1 atom stereocenters. The molecule has 0 aliphatic rings. The second-order valence-corrected chi connectivity index (χ2v) is 6.64. The van der Waals surface area contributed by atoms with Crippen LogP contribution in [0.4, 0.5) is 10.1 Å². The van der Waals surface area contributed by atoms with Crippen molar-refractivity contribution in [2.75, 3.05) is 5.32 Å². The van der Waals surface area contributed by atoms with Crippen molar-refractivity contribution in [1.82, 2.24) is 10.1 Å². The van der Waals surface area contributed by atoms with E-state index in [1.165, 1.54) is 12.1 Å². The number of aromatic nitrogens is 2. The van der Waals surface area contributed by atoms with Gasteiger partial charge in [0, 0.05) is 11.8 Å². The molecule has 1 aromatic heterocycles. The van der Waals surface area contributed by atoms with Gasteiger partial charge in [-0.05, 0) is 35.7 Å². The first-order chi connectivity index (χ1) is 13.4. The van der Waals surface area contributed by atoms with E-state index in [1.807, 2.05) is 13.8 Å². The molecule has 1 heterocycles. The SMILES string of the molecule is CC(C)C(C(=O)Nc1cccc(OCc2cccc(F)c2)c1)c1noc(=O)[nH]1. The van der Waals surface area contributed by atoms with Gasteiger partial charge in [-0.1, -0.05) is 37.2 Å². The minimum atomic E-state index is -0.707. The van der Waals surface area contributed by atoms with E-state index in [-0.39, 0.29) is 30.1 Å². The molecule has 2 aromatic carbocycles. The number of rotatable bonds is 7. The second kappa shape index (κ2) is 8.51. The van der Waals surface area contributed by atoms with Gasteiger partial charge in [-0.25, -0.2) is 9.18 Å². The van der Waals surface area contributed by atoms with E-state index in [0.717, 1.165) is 0 Å². The predicted octanol–water partition coefficient (Wildman–Crippen LogP) is 3.46. The molecule has 0 spiro atoms. The third-order valence-corrected chi connectivity index (χ3v) is 4.10. The first kappa shape index (κ1) is 19.3. The monoisotopic (exact) mass is 385 g/mol. The Bertz CT molecular complexity index is 1010. The highest BCUT2D eigenvalue weighted by Gasteiger charge is 2.28. The number of carbonyl (C=O) groups is 1. The van der Waals surface area contributed by atoms with Gasteiger partial charge in [-0.15, -0.1) is 0 Å². The molecule has 0 saturated heterocycles. The highest BCUT2D eigenvalue weighted by atomic mass is 19.1. The maximum absolute atomic E-state index is 13.2. The van der Waals surface area contributed by atoms with E-state index in [4.69, 9.17) is 4.74 Å². The van der Waals surface area contributed by atoms with E-state index in [9.17, 15) is 14.0 Å². The minimum absolute atomic E-state index is 0.117. The highest BCUT2D eigenvalue weighted by Crippen LogP contribution is 2.24. The first-order valence-electron chi connectivity index (χ1n) is 8.76. The third kappa shape index (κ3) is 4.85. The number of amides is 1. The van der Waals surface area contributed by atoms with Gasteiger partial charge in [0.15, 0.2) is 5.82 Å². The van der Waals surface area contributed by atoms with Gasteiger partial charge >= 0.3 is 5.76 Å². The number of benzene rings is 2. The van der Waals surface area contributed by atoms with Crippen LogP contribution in [0.25, 0.3) is 0 Å². The number of aromatic amines is 1. The van der Waals surface area contributed by atoms with Gasteiger partial charge in [-0.2, -0.15) is 0 Å². The van der Waals surface area contributed by atoms with Crippen molar-refractivity contribution in [3.05, 3.63) is 76.3 Å². The van der Waals surface area contributed by atoms with Gasteiger partial charge in [0.2, 0.25) is 5.91 Å². The lowest BCUT2D eigenvalue weighted by Crippen LogP contribution is -2.26. The van der Waals surface area contributed by atoms with Crippen LogP contribution in [0.3, 0.4) is 0 Å². The molecule has 0 radical (unpaired) electrons. The molecule has 2 N–H and O–H groups in total. The Morgan fingerprint density at radius 1 is 1.25 bits per heavy atom.